The van der Waals surface area contributed by atoms with Crippen molar-refractivity contribution >= 4 is 29.5 Å². The number of para-hydroxylation sites is 1. The van der Waals surface area contributed by atoms with Crippen LogP contribution in [0.3, 0.4) is 0 Å². The zero-order chi connectivity index (χ0) is 25.4. The van der Waals surface area contributed by atoms with Gasteiger partial charge in [-0.1, -0.05) is 48.5 Å². The number of esters is 1. The number of anilines is 1. The fourth-order valence-corrected chi connectivity index (χ4v) is 4.12. The molecule has 10 heteroatoms. The van der Waals surface area contributed by atoms with Gasteiger partial charge in [0.1, 0.15) is 6.54 Å². The molecule has 1 amide bonds. The Bertz CT molecular complexity index is 1060. The first-order chi connectivity index (χ1) is 16.8. The molecule has 7 N–H and O–H groups in total. The molecule has 0 radical (unpaired) electrons. The van der Waals surface area contributed by atoms with Crippen molar-refractivity contribution in [2.24, 2.45) is 0 Å². The summed E-state index contributed by atoms with van der Waals surface area (Å²) in [4.78, 5) is 50.2. The van der Waals surface area contributed by atoms with Crippen molar-refractivity contribution in [3.63, 3.8) is 0 Å². The summed E-state index contributed by atoms with van der Waals surface area (Å²) in [6.45, 7) is -0.861. The molecule has 186 valence electrons. The summed E-state index contributed by atoms with van der Waals surface area (Å²) < 4.78 is 5.24. The molecule has 1 heterocycles. The van der Waals surface area contributed by atoms with Gasteiger partial charge in [0, 0.05) is 18.5 Å². The highest BCUT2D eigenvalue weighted by Gasteiger charge is 2.38. The molecule has 0 saturated heterocycles. The zero-order valence-electron chi connectivity index (χ0n) is 19.3. The van der Waals surface area contributed by atoms with E-state index in [1.807, 2.05) is 42.5 Å². The number of carbonyl (C=O) groups is 4. The third kappa shape index (κ3) is 7.11. The number of rotatable bonds is 11. The molecule has 1 aliphatic heterocycles. The summed E-state index contributed by atoms with van der Waals surface area (Å²) in [7, 11) is 0. The highest BCUT2D eigenvalue weighted by molar-refractivity contribution is 6.01. The highest BCUT2D eigenvalue weighted by Crippen LogP contribution is 2.26. The molecular formula is C25H31N3O7+2. The van der Waals surface area contributed by atoms with E-state index in [0.29, 0.717) is 31.4 Å². The van der Waals surface area contributed by atoms with E-state index >= 15 is 0 Å². The number of quaternary nitrogens is 2. The Kier molecular flexibility index (Phi) is 8.93. The normalized spacial score (nSPS) is 17.1. The van der Waals surface area contributed by atoms with Gasteiger partial charge in [-0.3, -0.25) is 14.5 Å². The molecule has 1 aliphatic rings. The Hall–Kier alpha value is -3.76. The summed E-state index contributed by atoms with van der Waals surface area (Å²) in [5.74, 6) is -3.33. The van der Waals surface area contributed by atoms with Gasteiger partial charge in [-0.15, -0.1) is 0 Å². The quantitative estimate of drug-likeness (QED) is 0.303. The number of fused-ring (bicyclic) bond motifs is 1. The lowest BCUT2D eigenvalue weighted by Crippen LogP contribution is -2.99. The fourth-order valence-electron chi connectivity index (χ4n) is 4.12. The number of carboxylic acid groups (broad SMARTS) is 2. The standard InChI is InChI=1S/C25H29N3O7/c26-18(24(32)33)15-35-25(34)20(12-10-16-6-2-1-3-7-16)27-19-13-11-17-8-4-5-9-21(17)28(23(19)31)14-22(29)30/h1-9,18-20,27H,10-15,26H2,(H,29,30)(H,32,33)/p+2/t18-,19+,20?/m0/s1. The van der Waals surface area contributed by atoms with Crippen molar-refractivity contribution in [2.45, 2.75) is 43.8 Å². The molecule has 0 spiro atoms. The van der Waals surface area contributed by atoms with Crippen LogP contribution in [0.15, 0.2) is 54.6 Å². The van der Waals surface area contributed by atoms with E-state index in [0.717, 1.165) is 11.1 Å². The smallest absolute Gasteiger partial charge is 0.366 e. The number of carbonyl (C=O) groups excluding carboxylic acids is 2. The minimum Gasteiger partial charge on any atom is -0.480 e. The molecular weight excluding hydrogens is 454 g/mol. The van der Waals surface area contributed by atoms with Gasteiger partial charge in [0.05, 0.1) is 0 Å². The van der Waals surface area contributed by atoms with Crippen LogP contribution in [0.25, 0.3) is 0 Å². The van der Waals surface area contributed by atoms with Gasteiger partial charge in [0.15, 0.2) is 18.7 Å². The number of hydrogen-bond donors (Lipinski definition) is 4. The molecule has 35 heavy (non-hydrogen) atoms. The van der Waals surface area contributed by atoms with Crippen LogP contribution in [0.5, 0.6) is 0 Å². The van der Waals surface area contributed by atoms with Crippen molar-refractivity contribution in [3.05, 3.63) is 65.7 Å². The van der Waals surface area contributed by atoms with Gasteiger partial charge in [0.2, 0.25) is 6.04 Å². The van der Waals surface area contributed by atoms with Gasteiger partial charge in [-0.2, -0.15) is 0 Å². The predicted octanol–water partition coefficient (Wildman–Crippen LogP) is -0.778. The SMILES string of the molecule is [NH3+][C@@H](COC(=O)C(CCc1ccccc1)[NH2+][C@@H]1CCc2ccccc2N(CC(=O)O)C1=O)C(=O)O. The van der Waals surface area contributed by atoms with Crippen molar-refractivity contribution in [3.8, 4) is 0 Å². The number of ether oxygens (including phenoxy) is 1. The number of benzene rings is 2. The van der Waals surface area contributed by atoms with Crippen LogP contribution in [-0.4, -0.2) is 65.3 Å². The lowest BCUT2D eigenvalue weighted by atomic mass is 10.0. The van der Waals surface area contributed by atoms with Crippen LogP contribution in [-0.2, 0) is 36.8 Å². The average molecular weight is 486 g/mol. The summed E-state index contributed by atoms with van der Waals surface area (Å²) in [5, 5.41) is 20.1. The molecule has 2 aromatic rings. The number of nitrogens with two attached hydrogens (primary N) is 1. The molecule has 0 bridgehead atoms. The zero-order valence-corrected chi connectivity index (χ0v) is 19.3. The summed E-state index contributed by atoms with van der Waals surface area (Å²) in [5.41, 5.74) is 5.89. The molecule has 1 unspecified atom stereocenters. The van der Waals surface area contributed by atoms with Crippen LogP contribution in [0.1, 0.15) is 24.0 Å². The van der Waals surface area contributed by atoms with Gasteiger partial charge < -0.3 is 26.0 Å². The molecule has 0 saturated carbocycles. The van der Waals surface area contributed by atoms with E-state index in [1.54, 1.807) is 17.4 Å². The number of amides is 1. The van der Waals surface area contributed by atoms with Crippen LogP contribution in [0, 0.1) is 0 Å². The van der Waals surface area contributed by atoms with E-state index in [1.165, 1.54) is 4.90 Å². The molecule has 0 aromatic heterocycles. The van der Waals surface area contributed by atoms with Gasteiger partial charge >= 0.3 is 17.9 Å². The first kappa shape index (κ1) is 25.9. The summed E-state index contributed by atoms with van der Waals surface area (Å²) in [6.07, 6.45) is 1.85. The van der Waals surface area contributed by atoms with Crippen molar-refractivity contribution in [2.75, 3.05) is 18.1 Å². The Morgan fingerprint density at radius 2 is 1.77 bits per heavy atom. The maximum absolute atomic E-state index is 13.4. The van der Waals surface area contributed by atoms with Crippen LogP contribution >= 0.6 is 0 Å². The largest absolute Gasteiger partial charge is 0.480 e. The van der Waals surface area contributed by atoms with Crippen molar-refractivity contribution in [1.29, 1.82) is 0 Å². The molecule has 2 aromatic carbocycles. The van der Waals surface area contributed by atoms with E-state index in [-0.39, 0.29) is 6.61 Å². The number of aliphatic carboxylic acids is 2. The number of aryl methyl sites for hydroxylation is 2. The second-order valence-electron chi connectivity index (χ2n) is 8.58. The maximum atomic E-state index is 13.4. The van der Waals surface area contributed by atoms with Gasteiger partial charge in [-0.25, -0.2) is 9.59 Å². The van der Waals surface area contributed by atoms with E-state index in [9.17, 15) is 24.3 Å². The summed E-state index contributed by atoms with van der Waals surface area (Å²) >= 11 is 0. The molecule has 0 aliphatic carbocycles. The fraction of sp³-hybridized carbons (Fsp3) is 0.360. The Balaban J connectivity index is 1.79. The number of hydrogen-bond acceptors (Lipinski definition) is 5. The molecule has 3 atom stereocenters. The van der Waals surface area contributed by atoms with Crippen molar-refractivity contribution in [1.82, 2.24) is 0 Å². The first-order valence-electron chi connectivity index (χ1n) is 11.5. The second-order valence-corrected chi connectivity index (χ2v) is 8.58. The summed E-state index contributed by atoms with van der Waals surface area (Å²) in [6, 6.07) is 14.1. The molecule has 3 rings (SSSR count). The third-order valence-electron chi connectivity index (χ3n) is 6.01. The maximum Gasteiger partial charge on any atom is 0.366 e. The molecule has 0 fully saturated rings. The minimum absolute atomic E-state index is 0.355. The Labute approximate surface area is 202 Å². The average Bonchev–Trinajstić information content (AvgIpc) is 2.97. The van der Waals surface area contributed by atoms with E-state index in [2.05, 4.69) is 5.73 Å². The lowest BCUT2D eigenvalue weighted by molar-refractivity contribution is -0.699. The Morgan fingerprint density at radius 1 is 1.09 bits per heavy atom. The van der Waals surface area contributed by atoms with E-state index < -0.39 is 48.5 Å². The number of nitrogens with zero attached hydrogens (tertiary/aromatic N) is 1. The monoisotopic (exact) mass is 485 g/mol. The van der Waals surface area contributed by atoms with Gasteiger partial charge in [0.25, 0.3) is 5.91 Å². The highest BCUT2D eigenvalue weighted by atomic mass is 16.5. The van der Waals surface area contributed by atoms with Crippen LogP contribution < -0.4 is 16.0 Å². The topological polar surface area (TPSA) is 165 Å². The van der Waals surface area contributed by atoms with E-state index in [4.69, 9.17) is 9.84 Å². The third-order valence-corrected chi connectivity index (χ3v) is 6.01. The second kappa shape index (κ2) is 12.1. The van der Waals surface area contributed by atoms with Crippen molar-refractivity contribution < 1.29 is 45.2 Å². The predicted molar refractivity (Wildman–Crippen MR) is 124 cm³/mol. The van der Waals surface area contributed by atoms with Crippen LogP contribution in [0.4, 0.5) is 5.69 Å². The minimum atomic E-state index is -1.18. The lowest BCUT2D eigenvalue weighted by Gasteiger charge is -2.25. The van der Waals surface area contributed by atoms with Crippen LogP contribution in [0.2, 0.25) is 0 Å². The van der Waals surface area contributed by atoms with Gasteiger partial charge in [-0.05, 0) is 30.0 Å². The number of carboxylic acids is 2. The molecule has 10 nitrogen and oxygen atoms in total. The first-order valence-corrected chi connectivity index (χ1v) is 11.5. The Morgan fingerprint density at radius 3 is 2.46 bits per heavy atom.